The second-order valence-corrected chi connectivity index (χ2v) is 8.44. The van der Waals surface area contributed by atoms with Crippen LogP contribution in [0.4, 0.5) is 5.69 Å². The Kier molecular flexibility index (Phi) is 6.32. The first-order valence-electron chi connectivity index (χ1n) is 8.30. The van der Waals surface area contributed by atoms with E-state index < -0.39 is 14.9 Å². The third-order valence-electron chi connectivity index (χ3n) is 4.41. The molecule has 1 aliphatic heterocycles. The first kappa shape index (κ1) is 20.3. The lowest BCUT2D eigenvalue weighted by atomic mass is 10.2. The van der Waals surface area contributed by atoms with Crippen LogP contribution in [-0.4, -0.2) is 80.2 Å². The molecule has 0 saturated carbocycles. The van der Waals surface area contributed by atoms with Crippen molar-refractivity contribution in [1.82, 2.24) is 14.1 Å². The molecular weight excluding hydrogens is 360 g/mol. The van der Waals surface area contributed by atoms with Crippen LogP contribution in [0.5, 0.6) is 0 Å². The van der Waals surface area contributed by atoms with Gasteiger partial charge in [0.15, 0.2) is 0 Å². The van der Waals surface area contributed by atoms with Crippen molar-refractivity contribution >= 4 is 21.6 Å². The lowest BCUT2D eigenvalue weighted by Gasteiger charge is -2.23. The van der Waals surface area contributed by atoms with Gasteiger partial charge >= 0.3 is 0 Å². The van der Waals surface area contributed by atoms with E-state index >= 15 is 0 Å². The maximum Gasteiger partial charge on any atom is 0.270 e. The fourth-order valence-corrected chi connectivity index (χ4v) is 4.51. The summed E-state index contributed by atoms with van der Waals surface area (Å²) in [5, 5.41) is 11.0. The maximum absolute atomic E-state index is 13.0. The molecule has 1 fully saturated rings. The summed E-state index contributed by atoms with van der Waals surface area (Å²) < 4.78 is 27.3. The summed E-state index contributed by atoms with van der Waals surface area (Å²) in [6, 6.07) is 3.86. The highest BCUT2D eigenvalue weighted by molar-refractivity contribution is 7.89. The first-order valence-corrected chi connectivity index (χ1v) is 9.74. The molecule has 2 rings (SSSR count). The Morgan fingerprint density at radius 1 is 1.23 bits per heavy atom. The van der Waals surface area contributed by atoms with Crippen molar-refractivity contribution in [3.63, 3.8) is 0 Å². The lowest BCUT2D eigenvalue weighted by Crippen LogP contribution is -2.39. The second kappa shape index (κ2) is 8.11. The van der Waals surface area contributed by atoms with Gasteiger partial charge in [-0.15, -0.1) is 0 Å². The summed E-state index contributed by atoms with van der Waals surface area (Å²) in [7, 11) is -0.468. The third kappa shape index (κ3) is 4.57. The van der Waals surface area contributed by atoms with Crippen molar-refractivity contribution in [2.45, 2.75) is 18.2 Å². The average molecular weight is 384 g/mol. The smallest absolute Gasteiger partial charge is 0.270 e. The van der Waals surface area contributed by atoms with Crippen LogP contribution in [0.15, 0.2) is 23.1 Å². The molecule has 0 N–H and O–H groups in total. The van der Waals surface area contributed by atoms with Crippen LogP contribution in [0.2, 0.25) is 0 Å². The summed E-state index contributed by atoms with van der Waals surface area (Å²) in [6.45, 7) is 3.49. The Morgan fingerprint density at radius 2 is 1.92 bits per heavy atom. The van der Waals surface area contributed by atoms with Crippen molar-refractivity contribution in [3.05, 3.63) is 33.9 Å². The topological polar surface area (TPSA) is 104 Å². The number of likely N-dealkylation sites (N-methyl/N-ethyl adjacent to an activating group) is 1. The number of nitro groups is 1. The molecule has 0 unspecified atom stereocenters. The van der Waals surface area contributed by atoms with Gasteiger partial charge in [0.05, 0.1) is 16.4 Å². The molecule has 1 heterocycles. The molecule has 1 saturated heterocycles. The number of rotatable bonds is 5. The zero-order valence-electron chi connectivity index (χ0n) is 15.2. The van der Waals surface area contributed by atoms with E-state index in [-0.39, 0.29) is 29.6 Å². The summed E-state index contributed by atoms with van der Waals surface area (Å²) >= 11 is 0. The summed E-state index contributed by atoms with van der Waals surface area (Å²) in [4.78, 5) is 25.6. The van der Waals surface area contributed by atoms with Gasteiger partial charge in [-0.3, -0.25) is 19.8 Å². The number of benzene rings is 1. The van der Waals surface area contributed by atoms with Gasteiger partial charge in [-0.2, -0.15) is 4.31 Å². The first-order chi connectivity index (χ1) is 12.1. The quantitative estimate of drug-likeness (QED) is 0.546. The predicted molar refractivity (Wildman–Crippen MR) is 96.3 cm³/mol. The van der Waals surface area contributed by atoms with Gasteiger partial charge in [-0.1, -0.05) is 6.07 Å². The van der Waals surface area contributed by atoms with Crippen LogP contribution in [0.25, 0.3) is 0 Å². The standard InChI is InChI=1S/C16H24N4O5S/c1-13-5-6-14(20(22)23)11-15(13)26(24,25)19-8-4-7-18(9-10-19)12-16(21)17(2)3/h5-6,11H,4,7-10,12H2,1-3H3. The fourth-order valence-electron chi connectivity index (χ4n) is 2.80. The molecular formula is C16H24N4O5S. The van der Waals surface area contributed by atoms with Gasteiger partial charge in [-0.25, -0.2) is 8.42 Å². The van der Waals surface area contributed by atoms with Gasteiger partial charge < -0.3 is 4.90 Å². The number of carbonyl (C=O) groups is 1. The summed E-state index contributed by atoms with van der Waals surface area (Å²) in [6.07, 6.45) is 0.591. The molecule has 26 heavy (non-hydrogen) atoms. The molecule has 1 amide bonds. The minimum absolute atomic E-state index is 0.0316. The minimum atomic E-state index is -3.83. The van der Waals surface area contributed by atoms with E-state index in [1.807, 2.05) is 4.90 Å². The average Bonchev–Trinajstić information content (AvgIpc) is 2.80. The molecule has 144 valence electrons. The largest absolute Gasteiger partial charge is 0.348 e. The Morgan fingerprint density at radius 3 is 2.54 bits per heavy atom. The molecule has 0 atom stereocenters. The maximum atomic E-state index is 13.0. The van der Waals surface area contributed by atoms with Crippen molar-refractivity contribution < 1.29 is 18.1 Å². The molecule has 0 bridgehead atoms. The highest BCUT2D eigenvalue weighted by Gasteiger charge is 2.30. The molecule has 1 aromatic carbocycles. The highest BCUT2D eigenvalue weighted by Crippen LogP contribution is 2.25. The van der Waals surface area contributed by atoms with E-state index in [2.05, 4.69) is 0 Å². The van der Waals surface area contributed by atoms with E-state index in [4.69, 9.17) is 0 Å². The fraction of sp³-hybridized carbons (Fsp3) is 0.562. The van der Waals surface area contributed by atoms with Crippen molar-refractivity contribution in [2.24, 2.45) is 0 Å². The Labute approximate surface area is 153 Å². The molecule has 1 aromatic rings. The van der Waals surface area contributed by atoms with Crippen LogP contribution >= 0.6 is 0 Å². The minimum Gasteiger partial charge on any atom is -0.348 e. The molecule has 0 spiro atoms. The molecule has 10 heteroatoms. The molecule has 0 aromatic heterocycles. The number of sulfonamides is 1. The Bertz CT molecular complexity index is 794. The third-order valence-corrected chi connectivity index (χ3v) is 6.45. The normalized spacial score (nSPS) is 16.9. The Hall–Kier alpha value is -2.04. The summed E-state index contributed by atoms with van der Waals surface area (Å²) in [5.41, 5.74) is 0.224. The van der Waals surface area contributed by atoms with Crippen LogP contribution < -0.4 is 0 Å². The number of non-ortho nitro benzene ring substituents is 1. The Balaban J connectivity index is 2.19. The van der Waals surface area contributed by atoms with Gasteiger partial charge in [0.2, 0.25) is 15.9 Å². The monoisotopic (exact) mass is 384 g/mol. The lowest BCUT2D eigenvalue weighted by molar-refractivity contribution is -0.385. The van der Waals surface area contributed by atoms with E-state index in [0.717, 1.165) is 6.07 Å². The van der Waals surface area contributed by atoms with Crippen LogP contribution in [0.1, 0.15) is 12.0 Å². The van der Waals surface area contributed by atoms with Gasteiger partial charge in [0.25, 0.3) is 5.69 Å². The number of nitro benzene ring substituents is 1. The summed E-state index contributed by atoms with van der Waals surface area (Å²) in [5.74, 6) is -0.0316. The molecule has 9 nitrogen and oxygen atoms in total. The predicted octanol–water partition coefficient (Wildman–Crippen LogP) is 0.688. The zero-order valence-corrected chi connectivity index (χ0v) is 16.0. The van der Waals surface area contributed by atoms with Crippen molar-refractivity contribution in [2.75, 3.05) is 46.8 Å². The number of hydrogen-bond donors (Lipinski definition) is 0. The van der Waals surface area contributed by atoms with Gasteiger partial charge in [0.1, 0.15) is 0 Å². The number of hydrogen-bond acceptors (Lipinski definition) is 6. The van der Waals surface area contributed by atoms with Crippen molar-refractivity contribution in [3.8, 4) is 0 Å². The van der Waals surface area contributed by atoms with E-state index in [9.17, 15) is 23.3 Å². The SMILES string of the molecule is Cc1ccc([N+](=O)[O-])cc1S(=O)(=O)N1CCCN(CC(=O)N(C)C)CC1. The van der Waals surface area contributed by atoms with Gasteiger partial charge in [-0.05, 0) is 25.5 Å². The molecule has 0 aliphatic carbocycles. The van der Waals surface area contributed by atoms with E-state index in [0.29, 0.717) is 31.6 Å². The van der Waals surface area contributed by atoms with Crippen molar-refractivity contribution in [1.29, 1.82) is 0 Å². The van der Waals surface area contributed by atoms with Crippen LogP contribution in [0.3, 0.4) is 0 Å². The number of amides is 1. The van der Waals surface area contributed by atoms with Crippen LogP contribution in [-0.2, 0) is 14.8 Å². The number of aryl methyl sites for hydroxylation is 1. The van der Waals surface area contributed by atoms with E-state index in [1.54, 1.807) is 21.0 Å². The molecule has 0 radical (unpaired) electrons. The second-order valence-electron chi connectivity index (χ2n) is 6.53. The van der Waals surface area contributed by atoms with E-state index in [1.165, 1.54) is 21.3 Å². The number of carbonyl (C=O) groups excluding carboxylic acids is 1. The molecule has 1 aliphatic rings. The van der Waals surface area contributed by atoms with Crippen LogP contribution in [0, 0.1) is 17.0 Å². The highest BCUT2D eigenvalue weighted by atomic mass is 32.2. The van der Waals surface area contributed by atoms with Gasteiger partial charge in [0, 0.05) is 45.9 Å². The zero-order chi connectivity index (χ0) is 19.5. The number of nitrogens with zero attached hydrogens (tertiary/aromatic N) is 4.